The summed E-state index contributed by atoms with van der Waals surface area (Å²) in [5.74, 6) is -1.49. The van der Waals surface area contributed by atoms with Crippen molar-refractivity contribution < 1.29 is 18.7 Å². The zero-order valence-corrected chi connectivity index (χ0v) is 9.35. The van der Waals surface area contributed by atoms with E-state index in [0.29, 0.717) is 5.56 Å². The van der Waals surface area contributed by atoms with Crippen molar-refractivity contribution in [3.8, 4) is 0 Å². The molecule has 0 radical (unpaired) electrons. The molecule has 0 fully saturated rings. The molecule has 17 heavy (non-hydrogen) atoms. The lowest BCUT2D eigenvalue weighted by molar-refractivity contribution is -0.155. The molecule has 0 bridgehead atoms. The van der Waals surface area contributed by atoms with Crippen LogP contribution >= 0.6 is 0 Å². The van der Waals surface area contributed by atoms with Gasteiger partial charge in [0.25, 0.3) is 12.2 Å². The van der Waals surface area contributed by atoms with Crippen molar-refractivity contribution in [1.29, 1.82) is 0 Å². The fourth-order valence-corrected chi connectivity index (χ4v) is 1.80. The van der Waals surface area contributed by atoms with Gasteiger partial charge in [-0.15, -0.1) is 0 Å². The topological polar surface area (TPSA) is 46.6 Å². The summed E-state index contributed by atoms with van der Waals surface area (Å²) in [4.78, 5) is 23.9. The molecular formula is C12H12FNO3. The number of carbonyl (C=O) groups excluding carboxylic acids is 2. The maximum absolute atomic E-state index is 13.7. The maximum atomic E-state index is 13.7. The molecular weight excluding hydrogens is 225 g/mol. The van der Waals surface area contributed by atoms with E-state index in [4.69, 9.17) is 0 Å². The highest BCUT2D eigenvalue weighted by Gasteiger charge is 2.36. The van der Waals surface area contributed by atoms with Crippen molar-refractivity contribution in [1.82, 2.24) is 4.90 Å². The van der Waals surface area contributed by atoms with Crippen LogP contribution in [0.25, 0.3) is 0 Å². The third kappa shape index (κ3) is 2.00. The number of amides is 1. The second-order valence-corrected chi connectivity index (χ2v) is 3.68. The van der Waals surface area contributed by atoms with Gasteiger partial charge >= 0.3 is 5.97 Å². The van der Waals surface area contributed by atoms with Crippen molar-refractivity contribution in [2.24, 2.45) is 0 Å². The summed E-state index contributed by atoms with van der Waals surface area (Å²) in [5.41, 5.74) is 1.17. The second-order valence-electron chi connectivity index (χ2n) is 3.68. The first-order valence-corrected chi connectivity index (χ1v) is 5.34. The molecule has 0 saturated carbocycles. The molecule has 1 aliphatic heterocycles. The molecule has 1 aromatic rings. The van der Waals surface area contributed by atoms with Crippen LogP contribution in [-0.4, -0.2) is 29.7 Å². The van der Waals surface area contributed by atoms with Gasteiger partial charge in [-0.1, -0.05) is 18.2 Å². The number of ether oxygens (including phenoxy) is 1. The van der Waals surface area contributed by atoms with Crippen LogP contribution in [-0.2, 0) is 16.1 Å². The summed E-state index contributed by atoms with van der Waals surface area (Å²) < 4.78 is 18.3. The number of rotatable bonds is 3. The van der Waals surface area contributed by atoms with E-state index in [9.17, 15) is 14.0 Å². The Labute approximate surface area is 98.0 Å². The van der Waals surface area contributed by atoms with E-state index in [1.165, 1.54) is 0 Å². The minimum atomic E-state index is -2.03. The third-order valence-corrected chi connectivity index (χ3v) is 2.60. The zero-order valence-electron chi connectivity index (χ0n) is 9.35. The normalized spacial score (nSPS) is 15.6. The van der Waals surface area contributed by atoms with E-state index in [-0.39, 0.29) is 13.2 Å². The fraction of sp³-hybridized carbons (Fsp3) is 0.333. The predicted octanol–water partition coefficient (Wildman–Crippen LogP) is 1.50. The lowest BCUT2D eigenvalue weighted by Gasteiger charge is -2.18. The number of esters is 1. The second kappa shape index (κ2) is 4.53. The molecule has 1 atom stereocenters. The molecule has 2 rings (SSSR count). The molecule has 0 saturated heterocycles. The zero-order chi connectivity index (χ0) is 12.4. The van der Waals surface area contributed by atoms with Crippen molar-refractivity contribution in [3.05, 3.63) is 35.4 Å². The van der Waals surface area contributed by atoms with Gasteiger partial charge in [0, 0.05) is 5.56 Å². The highest BCUT2D eigenvalue weighted by atomic mass is 19.1. The standard InChI is InChI=1S/C12H12FNO3/c1-2-17-12(16)10(13)14-7-8-5-3-4-6-9(8)11(14)15/h3-6,10H,2,7H2,1H3. The van der Waals surface area contributed by atoms with Crippen LogP contribution in [0.3, 0.4) is 0 Å². The van der Waals surface area contributed by atoms with Gasteiger partial charge in [0.2, 0.25) is 0 Å². The fourth-order valence-electron chi connectivity index (χ4n) is 1.80. The molecule has 1 aliphatic rings. The summed E-state index contributed by atoms with van der Waals surface area (Å²) >= 11 is 0. The largest absolute Gasteiger partial charge is 0.462 e. The average Bonchev–Trinajstić information content (AvgIpc) is 2.67. The van der Waals surface area contributed by atoms with Gasteiger partial charge in [0.05, 0.1) is 13.2 Å². The van der Waals surface area contributed by atoms with Crippen LogP contribution in [0.15, 0.2) is 24.3 Å². The Morgan fingerprint density at radius 3 is 2.88 bits per heavy atom. The molecule has 0 aromatic heterocycles. The number of halogens is 1. The van der Waals surface area contributed by atoms with E-state index in [1.54, 1.807) is 31.2 Å². The lowest BCUT2D eigenvalue weighted by atomic mass is 10.1. The van der Waals surface area contributed by atoms with Crippen molar-refractivity contribution >= 4 is 11.9 Å². The van der Waals surface area contributed by atoms with Crippen LogP contribution in [0.1, 0.15) is 22.8 Å². The van der Waals surface area contributed by atoms with Crippen molar-refractivity contribution in [2.45, 2.75) is 19.8 Å². The average molecular weight is 237 g/mol. The summed E-state index contributed by atoms with van der Waals surface area (Å²) in [5, 5.41) is 0. The summed E-state index contributed by atoms with van der Waals surface area (Å²) in [6, 6.07) is 6.84. The van der Waals surface area contributed by atoms with Gasteiger partial charge in [-0.25, -0.2) is 9.18 Å². The molecule has 0 N–H and O–H groups in total. The van der Waals surface area contributed by atoms with E-state index >= 15 is 0 Å². The molecule has 1 heterocycles. The van der Waals surface area contributed by atoms with Gasteiger partial charge < -0.3 is 4.74 Å². The van der Waals surface area contributed by atoms with Gasteiger partial charge in [-0.3, -0.25) is 9.69 Å². The smallest absolute Gasteiger partial charge is 0.362 e. The highest BCUT2D eigenvalue weighted by Crippen LogP contribution is 2.25. The van der Waals surface area contributed by atoms with Crippen molar-refractivity contribution in [3.63, 3.8) is 0 Å². The van der Waals surface area contributed by atoms with Gasteiger partial charge in [0.15, 0.2) is 0 Å². The highest BCUT2D eigenvalue weighted by molar-refractivity contribution is 6.00. The Balaban J connectivity index is 2.17. The van der Waals surface area contributed by atoms with Crippen molar-refractivity contribution in [2.75, 3.05) is 6.61 Å². The number of hydrogen-bond acceptors (Lipinski definition) is 3. The van der Waals surface area contributed by atoms with Gasteiger partial charge in [0.1, 0.15) is 0 Å². The van der Waals surface area contributed by atoms with Crippen LogP contribution < -0.4 is 0 Å². The SMILES string of the molecule is CCOC(=O)C(F)N1Cc2ccccc2C1=O. The van der Waals surface area contributed by atoms with Crippen LogP contribution in [0, 0.1) is 0 Å². The van der Waals surface area contributed by atoms with Gasteiger partial charge in [-0.05, 0) is 18.6 Å². The van der Waals surface area contributed by atoms with E-state index in [0.717, 1.165) is 10.5 Å². The van der Waals surface area contributed by atoms with E-state index in [2.05, 4.69) is 4.74 Å². The first kappa shape index (κ1) is 11.6. The van der Waals surface area contributed by atoms with E-state index in [1.807, 2.05) is 0 Å². The summed E-state index contributed by atoms with van der Waals surface area (Å²) in [6.45, 7) is 1.79. The number of alkyl halides is 1. The number of nitrogens with zero attached hydrogens (tertiary/aromatic N) is 1. The molecule has 90 valence electrons. The first-order chi connectivity index (χ1) is 8.15. The number of carbonyl (C=O) groups is 2. The van der Waals surface area contributed by atoms with E-state index < -0.39 is 18.2 Å². The minimum absolute atomic E-state index is 0.0915. The quantitative estimate of drug-likeness (QED) is 0.591. The molecule has 5 heteroatoms. The Morgan fingerprint density at radius 2 is 2.24 bits per heavy atom. The molecule has 1 aromatic carbocycles. The number of hydrogen-bond donors (Lipinski definition) is 0. The minimum Gasteiger partial charge on any atom is -0.462 e. The summed E-state index contributed by atoms with van der Waals surface area (Å²) in [7, 11) is 0. The Hall–Kier alpha value is -1.91. The summed E-state index contributed by atoms with van der Waals surface area (Å²) in [6.07, 6.45) is -2.03. The molecule has 1 amide bonds. The third-order valence-electron chi connectivity index (χ3n) is 2.60. The Morgan fingerprint density at radius 1 is 1.53 bits per heavy atom. The Kier molecular flexibility index (Phi) is 3.08. The van der Waals surface area contributed by atoms with Crippen LogP contribution in [0.2, 0.25) is 0 Å². The lowest BCUT2D eigenvalue weighted by Crippen LogP contribution is -2.39. The molecule has 0 aliphatic carbocycles. The predicted molar refractivity (Wildman–Crippen MR) is 57.8 cm³/mol. The van der Waals surface area contributed by atoms with Gasteiger partial charge in [-0.2, -0.15) is 0 Å². The maximum Gasteiger partial charge on any atom is 0.362 e. The monoisotopic (exact) mass is 237 g/mol. The van der Waals surface area contributed by atoms with Crippen LogP contribution in [0.4, 0.5) is 4.39 Å². The molecule has 4 nitrogen and oxygen atoms in total. The van der Waals surface area contributed by atoms with Crippen LogP contribution in [0.5, 0.6) is 0 Å². The molecule has 1 unspecified atom stereocenters. The number of benzene rings is 1. The Bertz CT molecular complexity index is 461. The first-order valence-electron chi connectivity index (χ1n) is 5.34. The number of fused-ring (bicyclic) bond motifs is 1. The molecule has 0 spiro atoms.